The Kier molecular flexibility index (Phi) is 9.04. The number of carbonyl (C=O) groups is 2. The van der Waals surface area contributed by atoms with Crippen LogP contribution in [-0.4, -0.2) is 63.1 Å². The second-order valence-corrected chi connectivity index (χ2v) is 9.70. The molecule has 4 N–H and O–H groups in total. The van der Waals surface area contributed by atoms with Crippen molar-refractivity contribution in [3.8, 4) is 34.3 Å². The molecule has 0 spiro atoms. The maximum Gasteiger partial charge on any atom is 0.306 e. The van der Waals surface area contributed by atoms with Gasteiger partial charge in [-0.2, -0.15) is 0 Å². The van der Waals surface area contributed by atoms with Gasteiger partial charge in [0.15, 0.2) is 24.1 Å². The van der Waals surface area contributed by atoms with E-state index in [-0.39, 0.29) is 46.6 Å². The molecule has 0 unspecified atom stereocenters. The molecule has 220 valence electrons. The smallest absolute Gasteiger partial charge is 0.306 e. The van der Waals surface area contributed by atoms with Crippen LogP contribution in [0, 0.1) is 0 Å². The zero-order valence-corrected chi connectivity index (χ0v) is 22.7. The number of esters is 2. The molecule has 1 fully saturated rings. The zero-order chi connectivity index (χ0) is 29.8. The molecular weight excluding hydrogens is 540 g/mol. The van der Waals surface area contributed by atoms with Crippen LogP contribution in [0.15, 0.2) is 45.6 Å². The first kappa shape index (κ1) is 29.7. The number of phenols is 3. The summed E-state index contributed by atoms with van der Waals surface area (Å²) in [5, 5.41) is 41.0. The van der Waals surface area contributed by atoms with E-state index in [4.69, 9.17) is 23.4 Å². The van der Waals surface area contributed by atoms with E-state index in [1.807, 2.05) is 0 Å². The summed E-state index contributed by atoms with van der Waals surface area (Å²) < 4.78 is 28.6. The van der Waals surface area contributed by atoms with Gasteiger partial charge in [0, 0.05) is 30.5 Å². The number of hydrogen-bond acceptors (Lipinski definition) is 12. The molecule has 1 aliphatic heterocycles. The minimum Gasteiger partial charge on any atom is -0.508 e. The van der Waals surface area contributed by atoms with E-state index in [0.29, 0.717) is 12.8 Å². The van der Waals surface area contributed by atoms with Crippen molar-refractivity contribution < 1.29 is 53.4 Å². The van der Waals surface area contributed by atoms with Gasteiger partial charge in [0.1, 0.15) is 28.2 Å². The van der Waals surface area contributed by atoms with Crippen molar-refractivity contribution in [1.82, 2.24) is 0 Å². The second-order valence-electron chi connectivity index (χ2n) is 9.70. The number of carbonyl (C=O) groups excluding carboxylic acids is 2. The van der Waals surface area contributed by atoms with Crippen LogP contribution in [0.5, 0.6) is 23.0 Å². The Hall–Kier alpha value is -4.29. The molecule has 3 aromatic rings. The molecule has 0 saturated carbocycles. The minimum atomic E-state index is -1.72. The van der Waals surface area contributed by atoms with E-state index in [9.17, 15) is 34.8 Å². The van der Waals surface area contributed by atoms with E-state index < -0.39 is 59.6 Å². The number of rotatable bonds is 9. The van der Waals surface area contributed by atoms with Crippen LogP contribution >= 0.6 is 0 Å². The lowest BCUT2D eigenvalue weighted by Crippen LogP contribution is -2.61. The molecule has 41 heavy (non-hydrogen) atoms. The summed E-state index contributed by atoms with van der Waals surface area (Å²) in [7, 11) is 0. The van der Waals surface area contributed by atoms with Gasteiger partial charge >= 0.3 is 11.9 Å². The SMILES string of the molecule is CCCC(=O)O[C@@H]1[C@@H](OC(=O)CCC)[C@@H](O)[C@H](Oc2c(-c3ccc(O)cc3)oc3cc(O)cc(O)c3c2=O)O[C@H]1C. The van der Waals surface area contributed by atoms with Crippen molar-refractivity contribution in [1.29, 1.82) is 0 Å². The Bertz CT molecular complexity index is 1460. The third-order valence-electron chi connectivity index (χ3n) is 6.48. The fourth-order valence-corrected chi connectivity index (χ4v) is 4.51. The Morgan fingerprint density at radius 1 is 0.902 bits per heavy atom. The van der Waals surface area contributed by atoms with Gasteiger partial charge in [-0.15, -0.1) is 0 Å². The van der Waals surface area contributed by atoms with E-state index in [2.05, 4.69) is 0 Å². The van der Waals surface area contributed by atoms with Crippen molar-refractivity contribution in [2.45, 2.75) is 77.2 Å². The molecule has 4 rings (SSSR count). The number of hydrogen-bond donors (Lipinski definition) is 4. The first-order valence-electron chi connectivity index (χ1n) is 13.2. The van der Waals surface area contributed by atoms with Gasteiger partial charge in [-0.25, -0.2) is 0 Å². The largest absolute Gasteiger partial charge is 0.508 e. The van der Waals surface area contributed by atoms with Gasteiger partial charge in [0.05, 0.1) is 6.10 Å². The maximum absolute atomic E-state index is 13.6. The van der Waals surface area contributed by atoms with Gasteiger partial charge < -0.3 is 43.8 Å². The lowest BCUT2D eigenvalue weighted by molar-refractivity contribution is -0.277. The topological polar surface area (TPSA) is 182 Å². The quantitative estimate of drug-likeness (QED) is 0.274. The molecular formula is C29H32O12. The molecule has 0 amide bonds. The number of aliphatic hydroxyl groups excluding tert-OH is 1. The zero-order valence-electron chi connectivity index (χ0n) is 22.7. The lowest BCUT2D eigenvalue weighted by Gasteiger charge is -2.42. The Balaban J connectivity index is 1.78. The Morgan fingerprint density at radius 3 is 2.12 bits per heavy atom. The van der Waals surface area contributed by atoms with Crippen LogP contribution in [-0.2, 0) is 23.8 Å². The molecule has 1 saturated heterocycles. The predicted molar refractivity (Wildman–Crippen MR) is 143 cm³/mol. The maximum atomic E-state index is 13.6. The van der Waals surface area contributed by atoms with Crippen molar-refractivity contribution >= 4 is 22.9 Å². The monoisotopic (exact) mass is 572 g/mol. The van der Waals surface area contributed by atoms with E-state index in [1.165, 1.54) is 31.2 Å². The van der Waals surface area contributed by atoms with Gasteiger partial charge in [0.25, 0.3) is 0 Å². The predicted octanol–water partition coefficient (Wildman–Crippen LogP) is 3.49. The average molecular weight is 573 g/mol. The lowest BCUT2D eigenvalue weighted by atomic mass is 9.99. The summed E-state index contributed by atoms with van der Waals surface area (Å²) >= 11 is 0. The van der Waals surface area contributed by atoms with Crippen LogP contribution in [0.3, 0.4) is 0 Å². The van der Waals surface area contributed by atoms with Gasteiger partial charge in [0.2, 0.25) is 17.5 Å². The van der Waals surface area contributed by atoms with Crippen molar-refractivity contribution in [2.75, 3.05) is 0 Å². The van der Waals surface area contributed by atoms with Gasteiger partial charge in [-0.05, 0) is 44.0 Å². The number of fused-ring (bicyclic) bond motifs is 1. The van der Waals surface area contributed by atoms with Crippen LogP contribution < -0.4 is 10.2 Å². The van der Waals surface area contributed by atoms with E-state index in [0.717, 1.165) is 12.1 Å². The minimum absolute atomic E-state index is 0.0466. The normalized spacial score (nSPS) is 22.3. The molecule has 1 aliphatic rings. The van der Waals surface area contributed by atoms with Gasteiger partial charge in [-0.3, -0.25) is 14.4 Å². The molecule has 0 bridgehead atoms. The molecule has 12 nitrogen and oxygen atoms in total. The van der Waals surface area contributed by atoms with E-state index in [1.54, 1.807) is 13.8 Å². The molecule has 2 aromatic carbocycles. The number of phenolic OH excluding ortho intramolecular Hbond substituents is 3. The Labute approximate surface area is 234 Å². The highest BCUT2D eigenvalue weighted by Crippen LogP contribution is 2.38. The summed E-state index contributed by atoms with van der Waals surface area (Å²) in [5.74, 6) is -2.84. The summed E-state index contributed by atoms with van der Waals surface area (Å²) in [4.78, 5) is 38.4. The highest BCUT2D eigenvalue weighted by molar-refractivity contribution is 5.88. The van der Waals surface area contributed by atoms with Crippen molar-refractivity contribution in [3.63, 3.8) is 0 Å². The fraction of sp³-hybridized carbons (Fsp3) is 0.414. The van der Waals surface area contributed by atoms with E-state index >= 15 is 0 Å². The van der Waals surface area contributed by atoms with Crippen LogP contribution in [0.1, 0.15) is 46.5 Å². The summed E-state index contributed by atoms with van der Waals surface area (Å²) in [5.41, 5.74) is -0.739. The molecule has 1 aromatic heterocycles. The molecule has 0 aliphatic carbocycles. The third kappa shape index (κ3) is 6.39. The third-order valence-corrected chi connectivity index (χ3v) is 6.48. The number of aromatic hydroxyl groups is 3. The van der Waals surface area contributed by atoms with Gasteiger partial charge in [-0.1, -0.05) is 13.8 Å². The van der Waals surface area contributed by atoms with Crippen molar-refractivity contribution in [2.24, 2.45) is 0 Å². The first-order chi connectivity index (χ1) is 19.5. The molecule has 5 atom stereocenters. The Morgan fingerprint density at radius 2 is 1.51 bits per heavy atom. The standard InChI is InChI=1S/C29H32O12/c1-4-6-20(33)39-25-14(3)37-29(24(36)28(25)40-21(34)7-5-2)41-27-23(35)22-18(32)12-17(31)13-19(22)38-26(27)15-8-10-16(30)11-9-15/h8-14,24-25,28-32,36H,4-7H2,1-3H3/t14-,24+,25-,28-,29-/m0/s1. The summed E-state index contributed by atoms with van der Waals surface area (Å²) in [6.07, 6.45) is -5.70. The first-order valence-corrected chi connectivity index (χ1v) is 13.2. The number of ether oxygens (including phenoxy) is 4. The number of aliphatic hydroxyl groups is 1. The molecule has 12 heteroatoms. The highest BCUT2D eigenvalue weighted by Gasteiger charge is 2.49. The van der Waals surface area contributed by atoms with Crippen LogP contribution in [0.25, 0.3) is 22.3 Å². The van der Waals surface area contributed by atoms with Crippen LogP contribution in [0.2, 0.25) is 0 Å². The highest BCUT2D eigenvalue weighted by atomic mass is 16.7. The average Bonchev–Trinajstić information content (AvgIpc) is 2.90. The summed E-state index contributed by atoms with van der Waals surface area (Å²) in [6.45, 7) is 5.10. The number of benzene rings is 2. The molecule has 0 radical (unpaired) electrons. The summed E-state index contributed by atoms with van der Waals surface area (Å²) in [6, 6.07) is 7.65. The van der Waals surface area contributed by atoms with Crippen molar-refractivity contribution in [3.05, 3.63) is 46.6 Å². The fourth-order valence-electron chi connectivity index (χ4n) is 4.51. The second kappa shape index (κ2) is 12.5. The molecule has 2 heterocycles. The van der Waals surface area contributed by atoms with Crippen LogP contribution in [0.4, 0.5) is 0 Å².